The molecule has 202 valence electrons. The molecule has 0 bridgehead atoms. The van der Waals surface area contributed by atoms with Gasteiger partial charge in [-0.2, -0.15) is 0 Å². The molecule has 7 heteroatoms. The van der Waals surface area contributed by atoms with Crippen molar-refractivity contribution in [1.82, 2.24) is 14.5 Å². The molecule has 1 amide bonds. The molecule has 1 aliphatic rings. The number of carbonyl (C=O) groups is 1. The summed E-state index contributed by atoms with van der Waals surface area (Å²) in [5, 5.41) is 3.67. The monoisotopic (exact) mass is 516 g/mol. The lowest BCUT2D eigenvalue weighted by Gasteiger charge is -2.26. The first-order valence-electron chi connectivity index (χ1n) is 13.5. The van der Waals surface area contributed by atoms with Crippen LogP contribution in [-0.2, 0) is 13.1 Å². The summed E-state index contributed by atoms with van der Waals surface area (Å²) >= 11 is 0. The molecule has 1 saturated carbocycles. The fourth-order valence-corrected chi connectivity index (χ4v) is 5.01. The fourth-order valence-electron chi connectivity index (χ4n) is 5.01. The van der Waals surface area contributed by atoms with Gasteiger partial charge in [-0.1, -0.05) is 57.0 Å². The zero-order chi connectivity index (χ0) is 27.1. The van der Waals surface area contributed by atoms with Crippen molar-refractivity contribution >= 4 is 11.9 Å². The summed E-state index contributed by atoms with van der Waals surface area (Å²) in [7, 11) is 3.31. The molecule has 1 heterocycles. The van der Waals surface area contributed by atoms with Crippen LogP contribution in [0.15, 0.2) is 60.8 Å². The van der Waals surface area contributed by atoms with Gasteiger partial charge < -0.3 is 24.3 Å². The Balaban J connectivity index is 1.70. The number of nitrogens with zero attached hydrogens (tertiary/aromatic N) is 3. The number of methoxy groups -OCH3 is 2. The molecule has 0 unspecified atom stereocenters. The summed E-state index contributed by atoms with van der Waals surface area (Å²) in [6.07, 6.45) is 6.62. The maximum Gasteiger partial charge on any atom is 0.276 e. The number of imidazole rings is 1. The van der Waals surface area contributed by atoms with Gasteiger partial charge in [0, 0.05) is 11.7 Å². The molecular formula is C31H40N4O3. The van der Waals surface area contributed by atoms with E-state index in [2.05, 4.69) is 11.9 Å². The SMILES string of the molecule is C=C(CC)N(Cc1ccc(OC)cc1)C(=O)c1c(C)nc(NC2CCCCC2)n1Cc1ccc(OC)cc1. The Kier molecular flexibility index (Phi) is 9.10. The van der Waals surface area contributed by atoms with E-state index >= 15 is 0 Å². The molecule has 3 aromatic rings. The van der Waals surface area contributed by atoms with Gasteiger partial charge in [0.1, 0.15) is 17.2 Å². The van der Waals surface area contributed by atoms with Crippen LogP contribution in [0.1, 0.15) is 72.8 Å². The van der Waals surface area contributed by atoms with Gasteiger partial charge in [-0.15, -0.1) is 0 Å². The average Bonchev–Trinajstić information content (AvgIpc) is 3.25. The third kappa shape index (κ3) is 6.39. The summed E-state index contributed by atoms with van der Waals surface area (Å²) < 4.78 is 12.7. The molecule has 38 heavy (non-hydrogen) atoms. The first-order valence-corrected chi connectivity index (χ1v) is 13.5. The van der Waals surface area contributed by atoms with Crippen LogP contribution in [-0.4, -0.2) is 40.6 Å². The topological polar surface area (TPSA) is 68.6 Å². The van der Waals surface area contributed by atoms with Crippen molar-refractivity contribution in [2.75, 3.05) is 19.5 Å². The highest BCUT2D eigenvalue weighted by molar-refractivity contribution is 5.95. The smallest absolute Gasteiger partial charge is 0.276 e. The summed E-state index contributed by atoms with van der Waals surface area (Å²) in [6.45, 7) is 9.13. The van der Waals surface area contributed by atoms with E-state index in [1.54, 1.807) is 19.1 Å². The van der Waals surface area contributed by atoms with Crippen molar-refractivity contribution < 1.29 is 14.3 Å². The van der Waals surface area contributed by atoms with Gasteiger partial charge >= 0.3 is 0 Å². The third-order valence-corrected chi connectivity index (χ3v) is 7.32. The van der Waals surface area contributed by atoms with Crippen LogP contribution in [0.3, 0.4) is 0 Å². The van der Waals surface area contributed by atoms with Gasteiger partial charge in [-0.25, -0.2) is 4.98 Å². The van der Waals surface area contributed by atoms with Crippen LogP contribution in [0.2, 0.25) is 0 Å². The zero-order valence-corrected chi connectivity index (χ0v) is 23.1. The number of aryl methyl sites for hydroxylation is 1. The van der Waals surface area contributed by atoms with Crippen LogP contribution in [0.5, 0.6) is 11.5 Å². The molecule has 0 radical (unpaired) electrons. The second-order valence-electron chi connectivity index (χ2n) is 9.94. The van der Waals surface area contributed by atoms with Crippen molar-refractivity contribution in [2.45, 2.75) is 71.5 Å². The first-order chi connectivity index (χ1) is 18.4. The molecule has 1 aliphatic carbocycles. The Morgan fingerprint density at radius 3 is 2.13 bits per heavy atom. The molecular weight excluding hydrogens is 476 g/mol. The second kappa shape index (κ2) is 12.7. The molecule has 0 atom stereocenters. The highest BCUT2D eigenvalue weighted by Gasteiger charge is 2.28. The van der Waals surface area contributed by atoms with E-state index in [-0.39, 0.29) is 5.91 Å². The lowest BCUT2D eigenvalue weighted by molar-refractivity contribution is 0.0782. The summed E-state index contributed by atoms with van der Waals surface area (Å²) in [6, 6.07) is 16.1. The number of hydrogen-bond donors (Lipinski definition) is 1. The number of anilines is 1. The lowest BCUT2D eigenvalue weighted by atomic mass is 9.96. The molecule has 0 saturated heterocycles. The minimum absolute atomic E-state index is 0.0946. The number of rotatable bonds is 11. The molecule has 2 aromatic carbocycles. The van der Waals surface area contributed by atoms with E-state index in [0.717, 1.165) is 47.1 Å². The van der Waals surface area contributed by atoms with Crippen molar-refractivity contribution in [1.29, 1.82) is 0 Å². The van der Waals surface area contributed by atoms with E-state index in [9.17, 15) is 4.79 Å². The Labute approximate surface area is 226 Å². The Morgan fingerprint density at radius 1 is 1.00 bits per heavy atom. The largest absolute Gasteiger partial charge is 0.497 e. The van der Waals surface area contributed by atoms with Gasteiger partial charge in [0.2, 0.25) is 5.95 Å². The standard InChI is InChI=1S/C31H40N4O3/c1-6-22(2)34(20-24-12-16-27(37-4)17-13-24)30(36)29-23(3)32-31(33-26-10-8-7-9-11-26)35(29)21-25-14-18-28(38-5)19-15-25/h12-19,26H,2,6-11,20-21H2,1,3-5H3,(H,32,33). The maximum atomic E-state index is 14.2. The van der Waals surface area contributed by atoms with Crippen molar-refractivity contribution in [3.8, 4) is 11.5 Å². The highest BCUT2D eigenvalue weighted by atomic mass is 16.5. The van der Waals surface area contributed by atoms with E-state index in [1.165, 1.54) is 19.3 Å². The molecule has 4 rings (SSSR count). The summed E-state index contributed by atoms with van der Waals surface area (Å²) in [5.41, 5.74) is 4.14. The molecule has 7 nitrogen and oxygen atoms in total. The first kappa shape index (κ1) is 27.3. The normalized spacial score (nSPS) is 13.7. The molecule has 1 aromatic heterocycles. The van der Waals surface area contributed by atoms with Crippen molar-refractivity contribution in [3.05, 3.63) is 83.3 Å². The van der Waals surface area contributed by atoms with Crippen LogP contribution in [0.4, 0.5) is 5.95 Å². The van der Waals surface area contributed by atoms with Crippen LogP contribution < -0.4 is 14.8 Å². The van der Waals surface area contributed by atoms with E-state index in [4.69, 9.17) is 14.5 Å². The van der Waals surface area contributed by atoms with Crippen LogP contribution >= 0.6 is 0 Å². The van der Waals surface area contributed by atoms with Crippen molar-refractivity contribution in [2.24, 2.45) is 0 Å². The zero-order valence-electron chi connectivity index (χ0n) is 23.1. The van der Waals surface area contributed by atoms with Gasteiger partial charge in [-0.05, 0) is 61.6 Å². The quantitative estimate of drug-likeness (QED) is 0.312. The minimum Gasteiger partial charge on any atom is -0.497 e. The van der Waals surface area contributed by atoms with Gasteiger partial charge in [0.05, 0.1) is 33.0 Å². The Morgan fingerprint density at radius 2 is 1.58 bits per heavy atom. The third-order valence-electron chi connectivity index (χ3n) is 7.32. The Hall–Kier alpha value is -3.74. The number of ether oxygens (including phenoxy) is 2. The molecule has 0 spiro atoms. The average molecular weight is 517 g/mol. The summed E-state index contributed by atoms with van der Waals surface area (Å²) in [5.74, 6) is 2.24. The summed E-state index contributed by atoms with van der Waals surface area (Å²) in [4.78, 5) is 20.9. The molecule has 1 N–H and O–H groups in total. The van der Waals surface area contributed by atoms with Gasteiger partial charge in [0.15, 0.2) is 0 Å². The van der Waals surface area contributed by atoms with Gasteiger partial charge in [0.25, 0.3) is 5.91 Å². The maximum absolute atomic E-state index is 14.2. The number of aromatic nitrogens is 2. The number of nitrogens with one attached hydrogen (secondary N) is 1. The minimum atomic E-state index is -0.0946. The predicted molar refractivity (Wildman–Crippen MR) is 152 cm³/mol. The Bertz CT molecular complexity index is 1230. The fraction of sp³-hybridized carbons (Fsp3) is 0.419. The lowest BCUT2D eigenvalue weighted by Crippen LogP contribution is -2.32. The molecule has 0 aliphatic heterocycles. The number of benzene rings is 2. The van der Waals surface area contributed by atoms with E-state index in [1.807, 2.05) is 66.9 Å². The number of allylic oxidation sites excluding steroid dienone is 1. The van der Waals surface area contributed by atoms with Crippen molar-refractivity contribution in [3.63, 3.8) is 0 Å². The van der Waals surface area contributed by atoms with E-state index in [0.29, 0.717) is 36.9 Å². The van der Waals surface area contributed by atoms with Crippen LogP contribution in [0.25, 0.3) is 0 Å². The number of carbonyl (C=O) groups excluding carboxylic acids is 1. The van der Waals surface area contributed by atoms with E-state index < -0.39 is 0 Å². The number of amides is 1. The number of hydrogen-bond acceptors (Lipinski definition) is 5. The van der Waals surface area contributed by atoms with Gasteiger partial charge in [-0.3, -0.25) is 4.79 Å². The second-order valence-corrected chi connectivity index (χ2v) is 9.94. The highest BCUT2D eigenvalue weighted by Crippen LogP contribution is 2.27. The predicted octanol–water partition coefficient (Wildman–Crippen LogP) is 6.57. The molecule has 1 fully saturated rings. The van der Waals surface area contributed by atoms with Crippen LogP contribution in [0, 0.1) is 6.92 Å².